The van der Waals surface area contributed by atoms with Gasteiger partial charge < -0.3 is 5.73 Å². The second-order valence-corrected chi connectivity index (χ2v) is 3.34. The van der Waals surface area contributed by atoms with Crippen LogP contribution in [0, 0.1) is 10.1 Å². The molecule has 0 saturated carbocycles. The van der Waals surface area contributed by atoms with Crippen molar-refractivity contribution in [3.8, 4) is 5.82 Å². The first kappa shape index (κ1) is 12.7. The average Bonchev–Trinajstić information content (AvgIpc) is 2.77. The summed E-state index contributed by atoms with van der Waals surface area (Å²) in [5.74, 6) is -0.752. The van der Waals surface area contributed by atoms with Crippen LogP contribution in [0.25, 0.3) is 5.82 Å². The second kappa shape index (κ2) is 4.19. The first-order chi connectivity index (χ1) is 8.79. The number of nitro groups is 1. The van der Waals surface area contributed by atoms with Crippen LogP contribution in [0.4, 0.5) is 24.8 Å². The summed E-state index contributed by atoms with van der Waals surface area (Å²) in [6, 6.07) is 0.669. The van der Waals surface area contributed by atoms with Gasteiger partial charge in [0.05, 0.1) is 4.92 Å². The number of hydrogen-bond acceptors (Lipinski definition) is 6. The summed E-state index contributed by atoms with van der Waals surface area (Å²) < 4.78 is 37.8. The third kappa shape index (κ3) is 2.43. The Balaban J connectivity index is 2.55. The Morgan fingerprint density at radius 1 is 1.42 bits per heavy atom. The predicted molar refractivity (Wildman–Crippen MR) is 55.2 cm³/mol. The molecule has 0 fully saturated rings. The molecule has 0 spiro atoms. The van der Waals surface area contributed by atoms with E-state index >= 15 is 0 Å². The van der Waals surface area contributed by atoms with Gasteiger partial charge in [-0.25, -0.2) is 9.67 Å². The third-order valence-electron chi connectivity index (χ3n) is 2.06. The first-order valence-electron chi connectivity index (χ1n) is 4.69. The van der Waals surface area contributed by atoms with Gasteiger partial charge in [-0.15, -0.1) is 0 Å². The largest absolute Gasteiger partial charge is 0.435 e. The molecule has 0 aliphatic rings. The van der Waals surface area contributed by atoms with Gasteiger partial charge in [-0.1, -0.05) is 0 Å². The maximum atomic E-state index is 12.4. The molecule has 0 bridgehead atoms. The molecule has 0 saturated heterocycles. The molecule has 11 heteroatoms. The summed E-state index contributed by atoms with van der Waals surface area (Å²) in [5, 5.41) is 13.9. The Morgan fingerprint density at radius 3 is 2.63 bits per heavy atom. The van der Waals surface area contributed by atoms with Crippen LogP contribution in [-0.2, 0) is 6.18 Å². The van der Waals surface area contributed by atoms with Crippen molar-refractivity contribution < 1.29 is 18.1 Å². The van der Waals surface area contributed by atoms with E-state index in [2.05, 4.69) is 15.1 Å². The minimum Gasteiger partial charge on any atom is -0.368 e. The smallest absolute Gasteiger partial charge is 0.368 e. The van der Waals surface area contributed by atoms with Crippen LogP contribution < -0.4 is 5.73 Å². The topological polar surface area (TPSA) is 113 Å². The summed E-state index contributed by atoms with van der Waals surface area (Å²) in [4.78, 5) is 16.8. The lowest BCUT2D eigenvalue weighted by molar-refractivity contribution is -0.385. The number of nitrogens with two attached hydrogens (primary N) is 1. The Labute approximate surface area is 102 Å². The molecule has 19 heavy (non-hydrogen) atoms. The fraction of sp³-hybridized carbons (Fsp3) is 0.125. The van der Waals surface area contributed by atoms with Crippen molar-refractivity contribution in [1.82, 2.24) is 19.7 Å². The normalized spacial score (nSPS) is 11.5. The monoisotopic (exact) mass is 274 g/mol. The Morgan fingerprint density at radius 2 is 2.11 bits per heavy atom. The molecule has 2 aromatic heterocycles. The molecule has 0 unspecified atom stereocenters. The maximum Gasteiger partial charge on any atom is 0.435 e. The minimum atomic E-state index is -4.65. The number of anilines is 1. The van der Waals surface area contributed by atoms with Crippen LogP contribution in [-0.4, -0.2) is 24.7 Å². The van der Waals surface area contributed by atoms with E-state index in [1.807, 2.05) is 0 Å². The molecule has 2 rings (SSSR count). The number of aromatic nitrogens is 4. The number of rotatable bonds is 2. The molecule has 2 heterocycles. The van der Waals surface area contributed by atoms with Crippen molar-refractivity contribution >= 4 is 11.6 Å². The van der Waals surface area contributed by atoms with Crippen LogP contribution >= 0.6 is 0 Å². The second-order valence-electron chi connectivity index (χ2n) is 3.34. The van der Waals surface area contributed by atoms with Crippen molar-refractivity contribution in [1.29, 1.82) is 0 Å². The van der Waals surface area contributed by atoms with E-state index in [0.717, 1.165) is 12.4 Å². The van der Waals surface area contributed by atoms with E-state index in [4.69, 9.17) is 5.73 Å². The Kier molecular flexibility index (Phi) is 2.81. The van der Waals surface area contributed by atoms with Crippen molar-refractivity contribution in [2.75, 3.05) is 5.73 Å². The van der Waals surface area contributed by atoms with Crippen LogP contribution in [0.3, 0.4) is 0 Å². The fourth-order valence-corrected chi connectivity index (χ4v) is 1.27. The van der Waals surface area contributed by atoms with Gasteiger partial charge in [0.25, 0.3) is 0 Å². The first-order valence-corrected chi connectivity index (χ1v) is 4.69. The zero-order valence-corrected chi connectivity index (χ0v) is 9.00. The van der Waals surface area contributed by atoms with Crippen LogP contribution in [0.2, 0.25) is 0 Å². The summed E-state index contributed by atoms with van der Waals surface area (Å²) in [5.41, 5.74) is 3.45. The quantitative estimate of drug-likeness (QED) is 0.649. The highest BCUT2D eigenvalue weighted by Gasteiger charge is 2.34. The third-order valence-corrected chi connectivity index (χ3v) is 2.06. The van der Waals surface area contributed by atoms with Crippen molar-refractivity contribution in [3.63, 3.8) is 0 Å². The highest BCUT2D eigenvalue weighted by Crippen LogP contribution is 2.28. The van der Waals surface area contributed by atoms with E-state index in [1.54, 1.807) is 0 Å². The van der Waals surface area contributed by atoms with Crippen LogP contribution in [0.5, 0.6) is 0 Å². The lowest BCUT2D eigenvalue weighted by atomic mass is 10.4. The van der Waals surface area contributed by atoms with Gasteiger partial charge in [-0.3, -0.25) is 10.1 Å². The van der Waals surface area contributed by atoms with Crippen molar-refractivity contribution in [2.24, 2.45) is 0 Å². The molecule has 0 amide bonds. The number of halogens is 3. The fourth-order valence-electron chi connectivity index (χ4n) is 1.27. The molecule has 2 aromatic rings. The van der Waals surface area contributed by atoms with Gasteiger partial charge in [-0.05, 0) is 6.07 Å². The molecule has 0 aliphatic carbocycles. The van der Waals surface area contributed by atoms with Gasteiger partial charge in [0, 0.05) is 6.20 Å². The van der Waals surface area contributed by atoms with Crippen molar-refractivity contribution in [2.45, 2.75) is 6.18 Å². The maximum absolute atomic E-state index is 12.4. The molecule has 2 N–H and O–H groups in total. The molecule has 0 radical (unpaired) electrons. The van der Waals surface area contributed by atoms with Crippen molar-refractivity contribution in [3.05, 3.63) is 34.3 Å². The minimum absolute atomic E-state index is 0.315. The van der Waals surface area contributed by atoms with Crippen LogP contribution in [0.1, 0.15) is 5.69 Å². The molecule has 0 aromatic carbocycles. The zero-order chi connectivity index (χ0) is 14.2. The highest BCUT2D eigenvalue weighted by molar-refractivity contribution is 5.47. The molecule has 100 valence electrons. The Bertz CT molecular complexity index is 638. The molecular weight excluding hydrogens is 269 g/mol. The van der Waals surface area contributed by atoms with Gasteiger partial charge in [0.15, 0.2) is 5.69 Å². The van der Waals surface area contributed by atoms with Crippen LogP contribution in [0.15, 0.2) is 18.5 Å². The average molecular weight is 274 g/mol. The lowest BCUT2D eigenvalue weighted by Crippen LogP contribution is -2.10. The van der Waals surface area contributed by atoms with Gasteiger partial charge in [-0.2, -0.15) is 23.3 Å². The van der Waals surface area contributed by atoms with E-state index in [1.165, 1.54) is 0 Å². The number of nitrogen functional groups attached to an aromatic ring is 1. The lowest BCUT2D eigenvalue weighted by Gasteiger charge is -2.03. The van der Waals surface area contributed by atoms with Gasteiger partial charge >= 0.3 is 11.9 Å². The number of alkyl halides is 3. The summed E-state index contributed by atoms with van der Waals surface area (Å²) >= 11 is 0. The summed E-state index contributed by atoms with van der Waals surface area (Å²) in [6.45, 7) is 0. The Hall–Kier alpha value is -2.72. The SMILES string of the molecule is Nc1ncc([N+](=O)[O-])c(-n2ccc(C(F)(F)F)n2)n1. The molecule has 0 aliphatic heterocycles. The zero-order valence-electron chi connectivity index (χ0n) is 9.00. The molecule has 0 atom stereocenters. The predicted octanol–water partition coefficient (Wildman–Crippen LogP) is 1.17. The van der Waals surface area contributed by atoms with Gasteiger partial charge in [0.2, 0.25) is 11.8 Å². The van der Waals surface area contributed by atoms with E-state index in [0.29, 0.717) is 10.7 Å². The number of nitrogens with zero attached hydrogens (tertiary/aromatic N) is 5. The summed E-state index contributed by atoms with van der Waals surface area (Å²) in [6.07, 6.45) is -2.96. The van der Waals surface area contributed by atoms with E-state index in [9.17, 15) is 23.3 Å². The van der Waals surface area contributed by atoms with E-state index < -0.39 is 28.3 Å². The molecule has 8 nitrogen and oxygen atoms in total. The highest BCUT2D eigenvalue weighted by atomic mass is 19.4. The van der Waals surface area contributed by atoms with Gasteiger partial charge in [0.1, 0.15) is 6.20 Å². The van der Waals surface area contributed by atoms with E-state index in [-0.39, 0.29) is 5.95 Å². The molecular formula is C8H5F3N6O2. The standard InChI is InChI=1S/C8H5F3N6O2/c9-8(10,11)5-1-2-16(15-5)6-4(17(18)19)3-13-7(12)14-6/h1-3H,(H2,12,13,14). The summed E-state index contributed by atoms with van der Waals surface area (Å²) in [7, 11) is 0. The number of hydrogen-bond donors (Lipinski definition) is 1.